The summed E-state index contributed by atoms with van der Waals surface area (Å²) >= 11 is 0. The molecule has 0 saturated heterocycles. The maximum absolute atomic E-state index is 10.9. The van der Waals surface area contributed by atoms with E-state index in [1.165, 1.54) is 6.92 Å². The van der Waals surface area contributed by atoms with Crippen LogP contribution in [0.3, 0.4) is 0 Å². The molecule has 0 atom stereocenters. The first-order valence-electron chi connectivity index (χ1n) is 6.90. The quantitative estimate of drug-likeness (QED) is 0.783. The minimum atomic E-state index is 0.0119. The highest BCUT2D eigenvalue weighted by molar-refractivity contribution is 5.76. The fourth-order valence-electron chi connectivity index (χ4n) is 2.26. The number of hydrogen-bond donors (Lipinski definition) is 1. The third-order valence-electron chi connectivity index (χ3n) is 3.20. The summed E-state index contributed by atoms with van der Waals surface area (Å²) in [5.74, 6) is 1.06. The number of benzene rings is 1. The van der Waals surface area contributed by atoms with Crippen molar-refractivity contribution >= 4 is 16.9 Å². The van der Waals surface area contributed by atoms with Gasteiger partial charge in [0, 0.05) is 33.5 Å². The number of carbonyl (C=O) groups is 1. The summed E-state index contributed by atoms with van der Waals surface area (Å²) in [6.45, 7) is 3.68. The molecule has 1 heterocycles. The second-order valence-corrected chi connectivity index (χ2v) is 4.75. The second-order valence-electron chi connectivity index (χ2n) is 4.75. The second kappa shape index (κ2) is 7.05. The van der Waals surface area contributed by atoms with Gasteiger partial charge in [-0.1, -0.05) is 12.1 Å². The summed E-state index contributed by atoms with van der Waals surface area (Å²) < 4.78 is 7.37. The highest BCUT2D eigenvalue weighted by atomic mass is 16.5. The van der Waals surface area contributed by atoms with Gasteiger partial charge >= 0.3 is 0 Å². The van der Waals surface area contributed by atoms with Gasteiger partial charge in [-0.15, -0.1) is 0 Å². The van der Waals surface area contributed by atoms with Crippen molar-refractivity contribution in [2.75, 3.05) is 20.3 Å². The third-order valence-corrected chi connectivity index (χ3v) is 3.20. The van der Waals surface area contributed by atoms with Crippen molar-refractivity contribution in [1.29, 1.82) is 0 Å². The van der Waals surface area contributed by atoms with E-state index in [2.05, 4.69) is 20.9 Å². The van der Waals surface area contributed by atoms with Gasteiger partial charge in [-0.2, -0.15) is 0 Å². The molecule has 20 heavy (non-hydrogen) atoms. The number of fused-ring (bicyclic) bond motifs is 1. The standard InChI is InChI=1S/C15H21N3O2/c1-12(19)16-9-5-8-15-17-13-6-3-4-7-14(13)18(15)10-11-20-2/h3-4,6-7H,5,8-11H2,1-2H3,(H,16,19). The number of para-hydroxylation sites is 2. The molecule has 1 aromatic carbocycles. The molecule has 1 N–H and O–H groups in total. The van der Waals surface area contributed by atoms with E-state index in [0.717, 1.165) is 36.2 Å². The molecule has 5 heteroatoms. The van der Waals surface area contributed by atoms with Crippen molar-refractivity contribution in [2.24, 2.45) is 0 Å². The number of rotatable bonds is 7. The Kier molecular flexibility index (Phi) is 5.12. The van der Waals surface area contributed by atoms with E-state index in [1.54, 1.807) is 7.11 Å². The molecule has 0 aliphatic heterocycles. The predicted molar refractivity (Wildman–Crippen MR) is 78.6 cm³/mol. The summed E-state index contributed by atoms with van der Waals surface area (Å²) in [6.07, 6.45) is 1.73. The number of aromatic nitrogens is 2. The van der Waals surface area contributed by atoms with E-state index in [4.69, 9.17) is 4.74 Å². The predicted octanol–water partition coefficient (Wildman–Crippen LogP) is 1.75. The van der Waals surface area contributed by atoms with Gasteiger partial charge in [0.05, 0.1) is 17.6 Å². The zero-order valence-electron chi connectivity index (χ0n) is 12.1. The van der Waals surface area contributed by atoms with Crippen LogP contribution in [-0.2, 0) is 22.5 Å². The van der Waals surface area contributed by atoms with Crippen LogP contribution in [0.5, 0.6) is 0 Å². The SMILES string of the molecule is COCCn1c(CCCNC(C)=O)nc2ccccc21. The van der Waals surface area contributed by atoms with E-state index in [9.17, 15) is 4.79 Å². The molecule has 108 valence electrons. The Morgan fingerprint density at radius 1 is 1.40 bits per heavy atom. The average Bonchev–Trinajstić information content (AvgIpc) is 2.79. The van der Waals surface area contributed by atoms with Gasteiger partial charge in [-0.3, -0.25) is 4.79 Å². The van der Waals surface area contributed by atoms with Crippen molar-refractivity contribution in [3.63, 3.8) is 0 Å². The molecule has 0 saturated carbocycles. The fourth-order valence-corrected chi connectivity index (χ4v) is 2.26. The van der Waals surface area contributed by atoms with Crippen LogP contribution in [0, 0.1) is 0 Å². The number of nitrogens with one attached hydrogen (secondary N) is 1. The highest BCUT2D eigenvalue weighted by Crippen LogP contribution is 2.16. The molecule has 5 nitrogen and oxygen atoms in total. The van der Waals surface area contributed by atoms with Gasteiger partial charge in [0.15, 0.2) is 0 Å². The Labute approximate surface area is 118 Å². The van der Waals surface area contributed by atoms with Crippen LogP contribution in [-0.4, -0.2) is 35.7 Å². The number of ether oxygens (including phenoxy) is 1. The zero-order chi connectivity index (χ0) is 14.4. The Morgan fingerprint density at radius 3 is 2.95 bits per heavy atom. The van der Waals surface area contributed by atoms with Crippen molar-refractivity contribution in [2.45, 2.75) is 26.3 Å². The molecule has 0 aliphatic rings. The van der Waals surface area contributed by atoms with Crippen LogP contribution >= 0.6 is 0 Å². The molecule has 0 radical (unpaired) electrons. The molecule has 1 aromatic heterocycles. The Balaban J connectivity index is 2.11. The first-order chi connectivity index (χ1) is 9.72. The number of imidazole rings is 1. The molecule has 2 aromatic rings. The van der Waals surface area contributed by atoms with Crippen LogP contribution in [0.4, 0.5) is 0 Å². The first kappa shape index (κ1) is 14.5. The van der Waals surface area contributed by atoms with Crippen LogP contribution in [0.15, 0.2) is 24.3 Å². The first-order valence-corrected chi connectivity index (χ1v) is 6.90. The topological polar surface area (TPSA) is 56.1 Å². The van der Waals surface area contributed by atoms with Crippen molar-refractivity contribution in [3.05, 3.63) is 30.1 Å². The minimum Gasteiger partial charge on any atom is -0.383 e. The largest absolute Gasteiger partial charge is 0.383 e. The highest BCUT2D eigenvalue weighted by Gasteiger charge is 2.09. The zero-order valence-corrected chi connectivity index (χ0v) is 12.1. The molecule has 0 unspecified atom stereocenters. The lowest BCUT2D eigenvalue weighted by atomic mass is 10.3. The normalized spacial score (nSPS) is 10.9. The van der Waals surface area contributed by atoms with Crippen molar-refractivity contribution in [3.8, 4) is 0 Å². The Hall–Kier alpha value is -1.88. The monoisotopic (exact) mass is 275 g/mol. The maximum atomic E-state index is 10.9. The van der Waals surface area contributed by atoms with E-state index in [1.807, 2.05) is 18.2 Å². The fraction of sp³-hybridized carbons (Fsp3) is 0.467. The minimum absolute atomic E-state index is 0.0119. The summed E-state index contributed by atoms with van der Waals surface area (Å²) in [6, 6.07) is 8.12. The summed E-state index contributed by atoms with van der Waals surface area (Å²) in [7, 11) is 1.70. The molecule has 0 spiro atoms. The average molecular weight is 275 g/mol. The molecule has 2 rings (SSSR count). The van der Waals surface area contributed by atoms with Crippen LogP contribution in [0.25, 0.3) is 11.0 Å². The number of amides is 1. The smallest absolute Gasteiger partial charge is 0.216 e. The lowest BCUT2D eigenvalue weighted by molar-refractivity contribution is -0.118. The van der Waals surface area contributed by atoms with Gasteiger partial charge in [0.1, 0.15) is 5.82 Å². The van der Waals surface area contributed by atoms with Crippen LogP contribution in [0.1, 0.15) is 19.2 Å². The van der Waals surface area contributed by atoms with E-state index in [0.29, 0.717) is 13.2 Å². The van der Waals surface area contributed by atoms with E-state index < -0.39 is 0 Å². The van der Waals surface area contributed by atoms with Gasteiger partial charge in [0.2, 0.25) is 5.91 Å². The van der Waals surface area contributed by atoms with Gasteiger partial charge < -0.3 is 14.6 Å². The molecule has 0 fully saturated rings. The maximum Gasteiger partial charge on any atom is 0.216 e. The van der Waals surface area contributed by atoms with E-state index in [-0.39, 0.29) is 5.91 Å². The number of hydrogen-bond acceptors (Lipinski definition) is 3. The van der Waals surface area contributed by atoms with Gasteiger partial charge in [0.25, 0.3) is 0 Å². The number of nitrogens with zero attached hydrogens (tertiary/aromatic N) is 2. The summed E-state index contributed by atoms with van der Waals surface area (Å²) in [5.41, 5.74) is 2.15. The third kappa shape index (κ3) is 3.57. The van der Waals surface area contributed by atoms with Crippen molar-refractivity contribution < 1.29 is 9.53 Å². The van der Waals surface area contributed by atoms with Crippen LogP contribution in [0.2, 0.25) is 0 Å². The van der Waals surface area contributed by atoms with Gasteiger partial charge in [-0.25, -0.2) is 4.98 Å². The van der Waals surface area contributed by atoms with Crippen molar-refractivity contribution in [1.82, 2.24) is 14.9 Å². The summed E-state index contributed by atoms with van der Waals surface area (Å²) in [4.78, 5) is 15.5. The Morgan fingerprint density at radius 2 is 2.20 bits per heavy atom. The van der Waals surface area contributed by atoms with E-state index >= 15 is 0 Å². The molecule has 0 bridgehead atoms. The number of carbonyl (C=O) groups excluding carboxylic acids is 1. The number of methoxy groups -OCH3 is 1. The molecule has 1 amide bonds. The summed E-state index contributed by atoms with van der Waals surface area (Å²) in [5, 5.41) is 2.81. The lowest BCUT2D eigenvalue weighted by Gasteiger charge is -2.08. The van der Waals surface area contributed by atoms with Crippen LogP contribution < -0.4 is 5.32 Å². The Bertz CT molecular complexity index is 578. The van der Waals surface area contributed by atoms with Gasteiger partial charge in [-0.05, 0) is 18.6 Å². The lowest BCUT2D eigenvalue weighted by Crippen LogP contribution is -2.21. The number of aryl methyl sites for hydroxylation is 1. The molecular formula is C15H21N3O2. The molecule has 0 aliphatic carbocycles. The molecular weight excluding hydrogens is 254 g/mol.